The molecule has 2 fully saturated rings. The van der Waals surface area contributed by atoms with Crippen molar-refractivity contribution in [3.63, 3.8) is 0 Å². The first kappa shape index (κ1) is 12.2. The lowest BCUT2D eigenvalue weighted by Gasteiger charge is -2.23. The molecule has 2 N–H and O–H groups in total. The van der Waals surface area contributed by atoms with Crippen LogP contribution in [0.5, 0.6) is 0 Å². The standard InChI is InChI=1S/C12H16N6OS/c19-11-8(13-4-5-14-11)6-9-17-18-10(7-2-1-3-7)15-16-12(18)20-9/h7-8,13H,1-6H2,(H,14,19). The van der Waals surface area contributed by atoms with E-state index in [0.29, 0.717) is 18.9 Å². The summed E-state index contributed by atoms with van der Waals surface area (Å²) in [5.74, 6) is 1.55. The molecule has 20 heavy (non-hydrogen) atoms. The Hall–Kier alpha value is -1.54. The Balaban J connectivity index is 1.57. The van der Waals surface area contributed by atoms with E-state index < -0.39 is 0 Å². The van der Waals surface area contributed by atoms with Crippen LogP contribution in [0.15, 0.2) is 0 Å². The first-order valence-corrected chi connectivity index (χ1v) is 7.85. The molecule has 1 aliphatic heterocycles. The molecule has 106 valence electrons. The second-order valence-corrected chi connectivity index (χ2v) is 6.42. The number of aromatic nitrogens is 4. The molecule has 2 aliphatic rings. The summed E-state index contributed by atoms with van der Waals surface area (Å²) < 4.78 is 1.87. The Morgan fingerprint density at radius 2 is 2.20 bits per heavy atom. The molecular weight excluding hydrogens is 276 g/mol. The summed E-state index contributed by atoms with van der Waals surface area (Å²) in [5, 5.41) is 20.1. The van der Waals surface area contributed by atoms with Gasteiger partial charge in [0.25, 0.3) is 0 Å². The van der Waals surface area contributed by atoms with E-state index >= 15 is 0 Å². The second-order valence-electron chi connectivity index (χ2n) is 5.38. The SMILES string of the molecule is O=C1NCCNC1Cc1nn2c(C3CCC3)nnc2s1. The van der Waals surface area contributed by atoms with Crippen LogP contribution in [0.2, 0.25) is 0 Å². The predicted molar refractivity (Wildman–Crippen MR) is 73.8 cm³/mol. The van der Waals surface area contributed by atoms with Gasteiger partial charge in [-0.2, -0.15) is 9.61 Å². The number of rotatable bonds is 3. The van der Waals surface area contributed by atoms with Crippen LogP contribution in [0.25, 0.3) is 4.96 Å². The largest absolute Gasteiger partial charge is 0.353 e. The first-order chi connectivity index (χ1) is 9.81. The van der Waals surface area contributed by atoms with E-state index in [1.807, 2.05) is 4.52 Å². The van der Waals surface area contributed by atoms with Crippen molar-refractivity contribution < 1.29 is 4.79 Å². The smallest absolute Gasteiger partial charge is 0.237 e. The van der Waals surface area contributed by atoms with Crippen molar-refractivity contribution in [1.82, 2.24) is 30.4 Å². The summed E-state index contributed by atoms with van der Waals surface area (Å²) >= 11 is 1.52. The molecule has 0 bridgehead atoms. The van der Waals surface area contributed by atoms with E-state index in [-0.39, 0.29) is 11.9 Å². The maximum Gasteiger partial charge on any atom is 0.237 e. The van der Waals surface area contributed by atoms with Crippen LogP contribution < -0.4 is 10.6 Å². The lowest BCUT2D eigenvalue weighted by atomic mass is 9.85. The molecule has 2 aromatic heterocycles. The van der Waals surface area contributed by atoms with Gasteiger partial charge < -0.3 is 10.6 Å². The molecule has 1 unspecified atom stereocenters. The lowest BCUT2D eigenvalue weighted by Crippen LogP contribution is -2.53. The van der Waals surface area contributed by atoms with Gasteiger partial charge in [-0.15, -0.1) is 10.2 Å². The summed E-state index contributed by atoms with van der Waals surface area (Å²) in [4.78, 5) is 12.6. The summed E-state index contributed by atoms with van der Waals surface area (Å²) in [7, 11) is 0. The molecule has 0 spiro atoms. The zero-order valence-electron chi connectivity index (χ0n) is 11.0. The minimum absolute atomic E-state index is 0.0569. The number of piperazine rings is 1. The fourth-order valence-electron chi connectivity index (χ4n) is 2.66. The molecule has 1 saturated heterocycles. The molecule has 3 heterocycles. The number of carbonyl (C=O) groups excluding carboxylic acids is 1. The molecule has 7 nitrogen and oxygen atoms in total. The fraction of sp³-hybridized carbons (Fsp3) is 0.667. The minimum atomic E-state index is -0.181. The molecule has 4 rings (SSSR count). The third-order valence-electron chi connectivity index (χ3n) is 4.04. The quantitative estimate of drug-likeness (QED) is 0.837. The van der Waals surface area contributed by atoms with Gasteiger partial charge in [-0.3, -0.25) is 4.79 Å². The highest BCUT2D eigenvalue weighted by Gasteiger charge is 2.27. The number of nitrogens with one attached hydrogen (secondary N) is 2. The van der Waals surface area contributed by atoms with Crippen LogP contribution in [0.3, 0.4) is 0 Å². The van der Waals surface area contributed by atoms with Gasteiger partial charge in [0.2, 0.25) is 10.9 Å². The van der Waals surface area contributed by atoms with E-state index in [9.17, 15) is 4.79 Å². The maximum absolute atomic E-state index is 11.8. The average molecular weight is 292 g/mol. The maximum atomic E-state index is 11.8. The topological polar surface area (TPSA) is 84.2 Å². The second kappa shape index (κ2) is 4.78. The molecule has 8 heteroatoms. The number of amides is 1. The van der Waals surface area contributed by atoms with Crippen LogP contribution in [-0.4, -0.2) is 44.8 Å². The van der Waals surface area contributed by atoms with E-state index in [0.717, 1.165) is 22.3 Å². The molecule has 0 radical (unpaired) electrons. The molecular formula is C12H16N6OS. The molecule has 2 aromatic rings. The minimum Gasteiger partial charge on any atom is -0.353 e. The van der Waals surface area contributed by atoms with Crippen LogP contribution in [0.1, 0.15) is 36.0 Å². The van der Waals surface area contributed by atoms with Crippen molar-refractivity contribution in [1.29, 1.82) is 0 Å². The van der Waals surface area contributed by atoms with E-state index in [2.05, 4.69) is 25.9 Å². The first-order valence-electron chi connectivity index (χ1n) is 7.03. The monoisotopic (exact) mass is 292 g/mol. The summed E-state index contributed by atoms with van der Waals surface area (Å²) in [6.07, 6.45) is 4.24. The summed E-state index contributed by atoms with van der Waals surface area (Å²) in [6, 6.07) is -0.181. The molecule has 1 saturated carbocycles. The fourth-order valence-corrected chi connectivity index (χ4v) is 3.55. The van der Waals surface area contributed by atoms with Crippen LogP contribution in [0.4, 0.5) is 0 Å². The van der Waals surface area contributed by atoms with E-state index in [4.69, 9.17) is 0 Å². The van der Waals surface area contributed by atoms with Crippen LogP contribution >= 0.6 is 11.3 Å². The number of carbonyl (C=O) groups is 1. The zero-order chi connectivity index (χ0) is 13.5. The van der Waals surface area contributed by atoms with Gasteiger partial charge in [-0.05, 0) is 12.8 Å². The van der Waals surface area contributed by atoms with Crippen molar-refractivity contribution >= 4 is 22.2 Å². The predicted octanol–water partition coefficient (Wildman–Crippen LogP) is 0.0838. The van der Waals surface area contributed by atoms with Crippen molar-refractivity contribution in [2.24, 2.45) is 0 Å². The molecule has 1 atom stereocenters. The van der Waals surface area contributed by atoms with Crippen molar-refractivity contribution in [2.75, 3.05) is 13.1 Å². The molecule has 0 aromatic carbocycles. The van der Waals surface area contributed by atoms with Crippen molar-refractivity contribution in [2.45, 2.75) is 37.6 Å². The summed E-state index contributed by atoms with van der Waals surface area (Å²) in [5.41, 5.74) is 0. The third-order valence-corrected chi connectivity index (χ3v) is 4.96. The van der Waals surface area contributed by atoms with Gasteiger partial charge in [-0.25, -0.2) is 0 Å². The highest BCUT2D eigenvalue weighted by molar-refractivity contribution is 7.16. The Bertz CT molecular complexity index is 645. The number of fused-ring (bicyclic) bond motifs is 1. The highest BCUT2D eigenvalue weighted by atomic mass is 32.1. The zero-order valence-corrected chi connectivity index (χ0v) is 11.8. The Morgan fingerprint density at radius 3 is 2.95 bits per heavy atom. The van der Waals surface area contributed by atoms with E-state index in [1.54, 1.807) is 0 Å². The van der Waals surface area contributed by atoms with Crippen LogP contribution in [0, 0.1) is 0 Å². The lowest BCUT2D eigenvalue weighted by molar-refractivity contribution is -0.124. The van der Waals surface area contributed by atoms with Gasteiger partial charge in [0.1, 0.15) is 5.01 Å². The van der Waals surface area contributed by atoms with Crippen LogP contribution in [-0.2, 0) is 11.2 Å². The number of hydrogen-bond donors (Lipinski definition) is 2. The van der Waals surface area contributed by atoms with E-state index in [1.165, 1.54) is 30.6 Å². The number of nitrogens with zero attached hydrogens (tertiary/aromatic N) is 4. The average Bonchev–Trinajstić information content (AvgIpc) is 2.92. The van der Waals surface area contributed by atoms with Gasteiger partial charge in [-0.1, -0.05) is 17.8 Å². The third kappa shape index (κ3) is 1.99. The van der Waals surface area contributed by atoms with Gasteiger partial charge in [0.05, 0.1) is 6.04 Å². The van der Waals surface area contributed by atoms with Crippen molar-refractivity contribution in [3.05, 3.63) is 10.8 Å². The number of hydrogen-bond acceptors (Lipinski definition) is 6. The van der Waals surface area contributed by atoms with Gasteiger partial charge >= 0.3 is 0 Å². The van der Waals surface area contributed by atoms with Gasteiger partial charge in [0, 0.05) is 25.4 Å². The van der Waals surface area contributed by atoms with Gasteiger partial charge in [0.15, 0.2) is 5.82 Å². The highest BCUT2D eigenvalue weighted by Crippen LogP contribution is 2.35. The normalized spacial score (nSPS) is 23.8. The Labute approximate surface area is 119 Å². The summed E-state index contributed by atoms with van der Waals surface area (Å²) in [6.45, 7) is 1.51. The van der Waals surface area contributed by atoms with Crippen molar-refractivity contribution in [3.8, 4) is 0 Å². The Morgan fingerprint density at radius 1 is 1.30 bits per heavy atom. The Kier molecular flexibility index (Phi) is 2.92. The molecule has 1 aliphatic carbocycles. The molecule has 1 amide bonds.